The highest BCUT2D eigenvalue weighted by Crippen LogP contribution is 2.25. The fraction of sp³-hybridized carbons (Fsp3) is 0.167. The van der Waals surface area contributed by atoms with E-state index < -0.39 is 5.97 Å². The van der Waals surface area contributed by atoms with E-state index in [1.807, 2.05) is 22.6 Å². The Morgan fingerprint density at radius 1 is 1.53 bits per heavy atom. The van der Waals surface area contributed by atoms with E-state index in [4.69, 9.17) is 5.73 Å². The summed E-state index contributed by atoms with van der Waals surface area (Å²) in [4.78, 5) is 15.6. The number of anilines is 1. The largest absolute Gasteiger partial charge is 0.464 e. The van der Waals surface area contributed by atoms with Crippen LogP contribution in [0.25, 0.3) is 5.69 Å². The van der Waals surface area contributed by atoms with Gasteiger partial charge in [0.1, 0.15) is 17.5 Å². The maximum Gasteiger partial charge on any atom is 0.360 e. The topological polar surface area (TPSA) is 70.1 Å². The van der Waals surface area contributed by atoms with Crippen molar-refractivity contribution in [2.75, 3.05) is 12.8 Å². The van der Waals surface area contributed by atoms with Crippen LogP contribution in [0.4, 0.5) is 10.2 Å². The number of halogens is 2. The highest BCUT2D eigenvalue weighted by molar-refractivity contribution is 14.1. The van der Waals surface area contributed by atoms with Gasteiger partial charge in [0.2, 0.25) is 0 Å². The zero-order chi connectivity index (χ0) is 14.2. The zero-order valence-electron chi connectivity index (χ0n) is 10.3. The number of hydrogen-bond acceptors (Lipinski definition) is 4. The second-order valence-electron chi connectivity index (χ2n) is 3.82. The molecule has 1 aromatic carbocycles. The lowest BCUT2D eigenvalue weighted by Gasteiger charge is -2.10. The van der Waals surface area contributed by atoms with Gasteiger partial charge in [-0.1, -0.05) is 0 Å². The Labute approximate surface area is 122 Å². The van der Waals surface area contributed by atoms with Crippen molar-refractivity contribution in [2.24, 2.45) is 0 Å². The molecule has 0 aliphatic carbocycles. The summed E-state index contributed by atoms with van der Waals surface area (Å²) in [5, 5.41) is 0. The third-order valence-corrected chi connectivity index (χ3v) is 3.47. The normalized spacial score (nSPS) is 10.5. The molecule has 0 aliphatic rings. The summed E-state index contributed by atoms with van der Waals surface area (Å²) in [7, 11) is 1.26. The minimum Gasteiger partial charge on any atom is -0.464 e. The number of methoxy groups -OCH3 is 1. The van der Waals surface area contributed by atoms with Gasteiger partial charge in [-0.15, -0.1) is 0 Å². The van der Waals surface area contributed by atoms with Gasteiger partial charge in [0, 0.05) is 3.57 Å². The molecule has 2 aromatic rings. The van der Waals surface area contributed by atoms with E-state index in [2.05, 4.69) is 9.72 Å². The molecule has 0 fully saturated rings. The Morgan fingerprint density at radius 3 is 2.79 bits per heavy atom. The first kappa shape index (κ1) is 13.8. The molecular weight excluding hydrogens is 364 g/mol. The number of benzene rings is 1. The van der Waals surface area contributed by atoms with E-state index in [0.717, 1.165) is 0 Å². The SMILES string of the molecule is COC(=O)c1nc(C)n(-c2ccc(F)cc2I)c1N. The van der Waals surface area contributed by atoms with Crippen LogP contribution < -0.4 is 5.73 Å². The second kappa shape index (κ2) is 5.16. The summed E-state index contributed by atoms with van der Waals surface area (Å²) in [6.07, 6.45) is 0. The number of carbonyl (C=O) groups excluding carboxylic acids is 1. The molecular formula is C12H11FIN3O2. The molecule has 19 heavy (non-hydrogen) atoms. The molecule has 5 nitrogen and oxygen atoms in total. The summed E-state index contributed by atoms with van der Waals surface area (Å²) >= 11 is 2.00. The van der Waals surface area contributed by atoms with Crippen molar-refractivity contribution in [3.05, 3.63) is 39.1 Å². The number of rotatable bonds is 2. The molecule has 0 amide bonds. The molecule has 0 bridgehead atoms. The van der Waals surface area contributed by atoms with Gasteiger partial charge in [0.15, 0.2) is 5.69 Å². The number of aromatic nitrogens is 2. The van der Waals surface area contributed by atoms with Crippen molar-refractivity contribution in [3.63, 3.8) is 0 Å². The summed E-state index contributed by atoms with van der Waals surface area (Å²) in [5.74, 6) is -0.231. The van der Waals surface area contributed by atoms with Gasteiger partial charge in [-0.2, -0.15) is 0 Å². The highest BCUT2D eigenvalue weighted by atomic mass is 127. The molecule has 0 spiro atoms. The Morgan fingerprint density at radius 2 is 2.21 bits per heavy atom. The van der Waals surface area contributed by atoms with Crippen LogP contribution in [-0.2, 0) is 4.74 Å². The van der Waals surface area contributed by atoms with Crippen molar-refractivity contribution in [2.45, 2.75) is 6.92 Å². The van der Waals surface area contributed by atoms with Crippen LogP contribution in [0.5, 0.6) is 0 Å². The monoisotopic (exact) mass is 375 g/mol. The first-order valence-corrected chi connectivity index (χ1v) is 6.42. The molecule has 1 aromatic heterocycles. The van der Waals surface area contributed by atoms with Gasteiger partial charge >= 0.3 is 5.97 Å². The third kappa shape index (κ3) is 2.42. The first-order chi connectivity index (χ1) is 8.95. The number of nitrogen functional groups attached to an aromatic ring is 1. The lowest BCUT2D eigenvalue weighted by molar-refractivity contribution is 0.0596. The predicted molar refractivity (Wildman–Crippen MR) is 76.7 cm³/mol. The van der Waals surface area contributed by atoms with Crippen molar-refractivity contribution in [1.29, 1.82) is 0 Å². The first-order valence-electron chi connectivity index (χ1n) is 5.34. The lowest BCUT2D eigenvalue weighted by atomic mass is 10.3. The maximum absolute atomic E-state index is 13.1. The number of esters is 1. The average molecular weight is 375 g/mol. The predicted octanol–water partition coefficient (Wildman–Crippen LogP) is 2.29. The molecule has 0 aliphatic heterocycles. The smallest absolute Gasteiger partial charge is 0.360 e. The molecule has 7 heteroatoms. The van der Waals surface area contributed by atoms with E-state index in [0.29, 0.717) is 15.1 Å². The van der Waals surface area contributed by atoms with Gasteiger partial charge < -0.3 is 10.5 Å². The van der Waals surface area contributed by atoms with Crippen molar-refractivity contribution in [1.82, 2.24) is 9.55 Å². The Kier molecular flexibility index (Phi) is 3.74. The molecule has 0 saturated carbocycles. The van der Waals surface area contributed by atoms with Crippen molar-refractivity contribution in [3.8, 4) is 5.69 Å². The van der Waals surface area contributed by atoms with E-state index >= 15 is 0 Å². The Balaban J connectivity index is 2.63. The maximum atomic E-state index is 13.1. The van der Waals surface area contributed by atoms with Crippen LogP contribution in [0.2, 0.25) is 0 Å². The fourth-order valence-electron chi connectivity index (χ4n) is 1.76. The zero-order valence-corrected chi connectivity index (χ0v) is 12.4. The van der Waals surface area contributed by atoms with E-state index in [9.17, 15) is 9.18 Å². The number of hydrogen-bond donors (Lipinski definition) is 1. The average Bonchev–Trinajstić information content (AvgIpc) is 2.65. The van der Waals surface area contributed by atoms with Crippen molar-refractivity contribution >= 4 is 34.4 Å². The standard InChI is InChI=1S/C12H11FIN3O2/c1-6-16-10(12(18)19-2)11(15)17(6)9-4-3-7(13)5-8(9)14/h3-5H,15H2,1-2H3. The summed E-state index contributed by atoms with van der Waals surface area (Å²) < 4.78 is 20.0. The fourth-order valence-corrected chi connectivity index (χ4v) is 2.48. The van der Waals surface area contributed by atoms with Gasteiger partial charge in [-0.25, -0.2) is 14.2 Å². The summed E-state index contributed by atoms with van der Waals surface area (Å²) in [6, 6.07) is 4.30. The van der Waals surface area contributed by atoms with Gasteiger partial charge in [0.05, 0.1) is 12.8 Å². The van der Waals surface area contributed by atoms with Crippen LogP contribution in [0.15, 0.2) is 18.2 Å². The molecule has 2 rings (SSSR count). The van der Waals surface area contributed by atoms with Crippen LogP contribution in [0.1, 0.15) is 16.3 Å². The molecule has 2 N–H and O–H groups in total. The molecule has 0 atom stereocenters. The molecule has 0 saturated heterocycles. The minimum atomic E-state index is -0.600. The van der Waals surface area contributed by atoms with E-state index in [-0.39, 0.29) is 17.3 Å². The van der Waals surface area contributed by atoms with E-state index in [1.54, 1.807) is 17.6 Å². The number of ether oxygens (including phenoxy) is 1. The highest BCUT2D eigenvalue weighted by Gasteiger charge is 2.21. The van der Waals surface area contributed by atoms with Crippen LogP contribution in [0, 0.1) is 16.3 Å². The Bertz CT molecular complexity index is 655. The molecule has 0 radical (unpaired) electrons. The van der Waals surface area contributed by atoms with E-state index in [1.165, 1.54) is 19.2 Å². The quantitative estimate of drug-likeness (QED) is 0.646. The number of nitrogens with zero attached hydrogens (tertiary/aromatic N) is 2. The third-order valence-electron chi connectivity index (χ3n) is 2.61. The number of carbonyl (C=O) groups is 1. The van der Waals surface area contributed by atoms with Crippen LogP contribution >= 0.6 is 22.6 Å². The molecule has 0 unspecified atom stereocenters. The van der Waals surface area contributed by atoms with Gasteiger partial charge in [-0.05, 0) is 47.7 Å². The molecule has 1 heterocycles. The van der Waals surface area contributed by atoms with Gasteiger partial charge in [-0.3, -0.25) is 4.57 Å². The number of imidazole rings is 1. The Hall–Kier alpha value is -1.64. The lowest BCUT2D eigenvalue weighted by Crippen LogP contribution is -2.08. The van der Waals surface area contributed by atoms with Crippen LogP contribution in [0.3, 0.4) is 0 Å². The summed E-state index contributed by atoms with van der Waals surface area (Å²) in [5.41, 5.74) is 6.64. The molecule has 100 valence electrons. The van der Waals surface area contributed by atoms with Crippen molar-refractivity contribution < 1.29 is 13.9 Å². The van der Waals surface area contributed by atoms with Gasteiger partial charge in [0.25, 0.3) is 0 Å². The summed E-state index contributed by atoms with van der Waals surface area (Å²) in [6.45, 7) is 1.71. The van der Waals surface area contributed by atoms with Crippen LogP contribution in [-0.4, -0.2) is 22.6 Å². The second-order valence-corrected chi connectivity index (χ2v) is 4.98. The number of nitrogens with two attached hydrogens (primary N) is 1. The number of aryl methyl sites for hydroxylation is 1. The minimum absolute atomic E-state index is 0.0557.